The zero-order valence-corrected chi connectivity index (χ0v) is 9.76. The predicted octanol–water partition coefficient (Wildman–Crippen LogP) is 2.08. The summed E-state index contributed by atoms with van der Waals surface area (Å²) < 4.78 is 5.28. The Balaban J connectivity index is 1.83. The highest BCUT2D eigenvalue weighted by Gasteiger charge is 2.05. The fourth-order valence-corrected chi connectivity index (χ4v) is 1.59. The average molecular weight is 232 g/mol. The monoisotopic (exact) mass is 232 g/mol. The van der Waals surface area contributed by atoms with Crippen molar-refractivity contribution in [2.45, 2.75) is 25.8 Å². The molecule has 2 aromatic heterocycles. The second kappa shape index (κ2) is 5.34. The quantitative estimate of drug-likeness (QED) is 0.825. The SMILES string of the molecule is CC(CCc1ccco1)Nc1cc(N)ncn1. The van der Waals surface area contributed by atoms with Crippen LogP contribution in [0.5, 0.6) is 0 Å². The van der Waals surface area contributed by atoms with E-state index in [9.17, 15) is 0 Å². The fourth-order valence-electron chi connectivity index (χ4n) is 1.59. The van der Waals surface area contributed by atoms with Crippen LogP contribution in [-0.4, -0.2) is 16.0 Å². The van der Waals surface area contributed by atoms with Gasteiger partial charge in [0.15, 0.2) is 0 Å². The van der Waals surface area contributed by atoms with Crippen molar-refractivity contribution in [2.75, 3.05) is 11.1 Å². The standard InChI is InChI=1S/C12H16N4O/c1-9(4-5-10-3-2-6-17-10)16-12-7-11(13)14-8-15-12/h2-3,6-9H,4-5H2,1H3,(H3,13,14,15,16). The average Bonchev–Trinajstić information content (AvgIpc) is 2.79. The van der Waals surface area contributed by atoms with Crippen LogP contribution >= 0.6 is 0 Å². The predicted molar refractivity (Wildman–Crippen MR) is 66.6 cm³/mol. The molecule has 0 saturated carbocycles. The zero-order chi connectivity index (χ0) is 12.1. The normalized spacial score (nSPS) is 12.3. The van der Waals surface area contributed by atoms with E-state index >= 15 is 0 Å². The lowest BCUT2D eigenvalue weighted by molar-refractivity contribution is 0.495. The molecule has 0 amide bonds. The molecule has 0 bridgehead atoms. The number of nitrogens with two attached hydrogens (primary N) is 1. The summed E-state index contributed by atoms with van der Waals surface area (Å²) in [6.07, 6.45) is 5.02. The van der Waals surface area contributed by atoms with Crippen LogP contribution in [0.1, 0.15) is 19.1 Å². The maximum absolute atomic E-state index is 5.58. The summed E-state index contributed by atoms with van der Waals surface area (Å²) in [5.74, 6) is 2.23. The molecule has 90 valence electrons. The molecule has 1 unspecified atom stereocenters. The van der Waals surface area contributed by atoms with Gasteiger partial charge in [-0.15, -0.1) is 0 Å². The number of rotatable bonds is 5. The van der Waals surface area contributed by atoms with Crippen LogP contribution in [-0.2, 0) is 6.42 Å². The topological polar surface area (TPSA) is 77.0 Å². The second-order valence-corrected chi connectivity index (χ2v) is 3.99. The maximum Gasteiger partial charge on any atom is 0.131 e. The van der Waals surface area contributed by atoms with Gasteiger partial charge >= 0.3 is 0 Å². The Kier molecular flexibility index (Phi) is 3.59. The van der Waals surface area contributed by atoms with Crippen molar-refractivity contribution in [3.63, 3.8) is 0 Å². The molecule has 0 aliphatic rings. The number of nitrogens with one attached hydrogen (secondary N) is 1. The lowest BCUT2D eigenvalue weighted by Crippen LogP contribution is -2.17. The van der Waals surface area contributed by atoms with Crippen LogP contribution < -0.4 is 11.1 Å². The molecule has 5 heteroatoms. The molecule has 0 fully saturated rings. The van der Waals surface area contributed by atoms with Gasteiger partial charge in [-0.05, 0) is 25.5 Å². The molecule has 0 saturated heterocycles. The third-order valence-electron chi connectivity index (χ3n) is 2.49. The van der Waals surface area contributed by atoms with Crippen LogP contribution in [0, 0.1) is 0 Å². The summed E-state index contributed by atoms with van der Waals surface area (Å²) in [6, 6.07) is 5.91. The number of nitrogen functional groups attached to an aromatic ring is 1. The smallest absolute Gasteiger partial charge is 0.131 e. The van der Waals surface area contributed by atoms with Gasteiger partial charge in [0.2, 0.25) is 0 Å². The van der Waals surface area contributed by atoms with Crippen molar-refractivity contribution >= 4 is 11.6 Å². The van der Waals surface area contributed by atoms with Crippen LogP contribution in [0.4, 0.5) is 11.6 Å². The van der Waals surface area contributed by atoms with Crippen LogP contribution in [0.25, 0.3) is 0 Å². The molecule has 3 N–H and O–H groups in total. The van der Waals surface area contributed by atoms with Crippen molar-refractivity contribution in [1.82, 2.24) is 9.97 Å². The molecular formula is C12H16N4O. The largest absolute Gasteiger partial charge is 0.469 e. The van der Waals surface area contributed by atoms with E-state index in [-0.39, 0.29) is 0 Å². The highest BCUT2D eigenvalue weighted by Crippen LogP contribution is 2.11. The zero-order valence-electron chi connectivity index (χ0n) is 9.76. The summed E-state index contributed by atoms with van der Waals surface area (Å²) in [6.45, 7) is 2.10. The van der Waals surface area contributed by atoms with Crippen molar-refractivity contribution in [1.29, 1.82) is 0 Å². The Labute approximate surface area is 100 Å². The van der Waals surface area contributed by atoms with Gasteiger partial charge in [0.1, 0.15) is 23.7 Å². The molecule has 0 aromatic carbocycles. The summed E-state index contributed by atoms with van der Waals surface area (Å²) in [7, 11) is 0. The van der Waals surface area contributed by atoms with E-state index in [1.807, 2.05) is 12.1 Å². The Morgan fingerprint density at radius 1 is 1.47 bits per heavy atom. The van der Waals surface area contributed by atoms with E-state index in [2.05, 4.69) is 22.2 Å². The van der Waals surface area contributed by atoms with E-state index in [0.29, 0.717) is 11.9 Å². The Morgan fingerprint density at radius 3 is 3.06 bits per heavy atom. The Hall–Kier alpha value is -2.04. The minimum absolute atomic E-state index is 0.300. The summed E-state index contributed by atoms with van der Waals surface area (Å²) in [4.78, 5) is 7.94. The number of nitrogens with zero attached hydrogens (tertiary/aromatic N) is 2. The van der Waals surface area contributed by atoms with Gasteiger partial charge < -0.3 is 15.5 Å². The number of hydrogen-bond acceptors (Lipinski definition) is 5. The lowest BCUT2D eigenvalue weighted by Gasteiger charge is -2.13. The maximum atomic E-state index is 5.58. The van der Waals surface area contributed by atoms with E-state index in [0.717, 1.165) is 24.4 Å². The first-order chi connectivity index (χ1) is 8.24. The molecule has 17 heavy (non-hydrogen) atoms. The molecule has 2 heterocycles. The minimum Gasteiger partial charge on any atom is -0.469 e. The summed E-state index contributed by atoms with van der Waals surface area (Å²) >= 11 is 0. The van der Waals surface area contributed by atoms with E-state index < -0.39 is 0 Å². The highest BCUT2D eigenvalue weighted by atomic mass is 16.3. The highest BCUT2D eigenvalue weighted by molar-refractivity contribution is 5.43. The molecule has 0 spiro atoms. The van der Waals surface area contributed by atoms with Crippen molar-refractivity contribution in [3.05, 3.63) is 36.5 Å². The number of anilines is 2. The third kappa shape index (κ3) is 3.48. The first kappa shape index (κ1) is 11.4. The molecule has 0 aliphatic heterocycles. The lowest BCUT2D eigenvalue weighted by atomic mass is 10.1. The van der Waals surface area contributed by atoms with Gasteiger partial charge in [-0.3, -0.25) is 0 Å². The molecule has 0 aliphatic carbocycles. The second-order valence-electron chi connectivity index (χ2n) is 3.99. The van der Waals surface area contributed by atoms with Gasteiger partial charge in [0, 0.05) is 18.5 Å². The van der Waals surface area contributed by atoms with Gasteiger partial charge in [0.25, 0.3) is 0 Å². The molecule has 1 atom stereocenters. The first-order valence-electron chi connectivity index (χ1n) is 5.60. The van der Waals surface area contributed by atoms with Crippen molar-refractivity contribution < 1.29 is 4.42 Å². The van der Waals surface area contributed by atoms with E-state index in [4.69, 9.17) is 10.2 Å². The Bertz CT molecular complexity index is 455. The van der Waals surface area contributed by atoms with Crippen molar-refractivity contribution in [3.8, 4) is 0 Å². The van der Waals surface area contributed by atoms with Crippen LogP contribution in [0.2, 0.25) is 0 Å². The molecule has 2 rings (SSSR count). The first-order valence-corrected chi connectivity index (χ1v) is 5.60. The summed E-state index contributed by atoms with van der Waals surface area (Å²) in [5, 5.41) is 3.27. The number of aromatic nitrogens is 2. The van der Waals surface area contributed by atoms with Gasteiger partial charge in [-0.2, -0.15) is 0 Å². The number of hydrogen-bond donors (Lipinski definition) is 2. The van der Waals surface area contributed by atoms with E-state index in [1.165, 1.54) is 6.33 Å². The van der Waals surface area contributed by atoms with Gasteiger partial charge in [-0.1, -0.05) is 0 Å². The molecule has 2 aromatic rings. The number of aryl methyl sites for hydroxylation is 1. The summed E-state index contributed by atoms with van der Waals surface area (Å²) in [5.41, 5.74) is 5.58. The fraction of sp³-hybridized carbons (Fsp3) is 0.333. The molecular weight excluding hydrogens is 216 g/mol. The van der Waals surface area contributed by atoms with Gasteiger partial charge in [-0.25, -0.2) is 9.97 Å². The van der Waals surface area contributed by atoms with Crippen molar-refractivity contribution in [2.24, 2.45) is 0 Å². The van der Waals surface area contributed by atoms with Crippen LogP contribution in [0.15, 0.2) is 35.2 Å². The van der Waals surface area contributed by atoms with Gasteiger partial charge in [0.05, 0.1) is 6.26 Å². The third-order valence-corrected chi connectivity index (χ3v) is 2.49. The minimum atomic E-state index is 0.300. The van der Waals surface area contributed by atoms with Crippen LogP contribution in [0.3, 0.4) is 0 Å². The number of furan rings is 1. The molecule has 0 radical (unpaired) electrons. The Morgan fingerprint density at radius 2 is 2.35 bits per heavy atom. The van der Waals surface area contributed by atoms with E-state index in [1.54, 1.807) is 12.3 Å². The molecule has 5 nitrogen and oxygen atoms in total.